The third kappa shape index (κ3) is 3.36. The molecule has 0 radical (unpaired) electrons. The predicted molar refractivity (Wildman–Crippen MR) is 100 cm³/mol. The first-order valence-electron chi connectivity index (χ1n) is 8.92. The molecule has 2 N–H and O–H groups in total. The summed E-state index contributed by atoms with van der Waals surface area (Å²) < 4.78 is 10.7. The van der Waals surface area contributed by atoms with Crippen LogP contribution in [0.3, 0.4) is 0 Å². The number of benzene rings is 2. The van der Waals surface area contributed by atoms with Crippen molar-refractivity contribution in [3.05, 3.63) is 53.6 Å². The number of anilines is 1. The van der Waals surface area contributed by atoms with Gasteiger partial charge in [-0.3, -0.25) is 19.3 Å². The predicted octanol–water partition coefficient (Wildman–Crippen LogP) is 1.74. The highest BCUT2D eigenvalue weighted by molar-refractivity contribution is 6.07. The van der Waals surface area contributed by atoms with Crippen molar-refractivity contribution in [1.82, 2.24) is 4.90 Å². The second-order valence-electron chi connectivity index (χ2n) is 6.61. The molecule has 1 fully saturated rings. The van der Waals surface area contributed by atoms with Crippen molar-refractivity contribution < 1.29 is 23.9 Å². The zero-order chi connectivity index (χ0) is 19.7. The molecule has 2 aromatic rings. The number of hydrogen-bond acceptors (Lipinski definition) is 5. The van der Waals surface area contributed by atoms with Crippen LogP contribution in [0.5, 0.6) is 11.5 Å². The number of amides is 3. The quantitative estimate of drug-likeness (QED) is 0.850. The van der Waals surface area contributed by atoms with Gasteiger partial charge in [-0.25, -0.2) is 0 Å². The molecule has 0 bridgehead atoms. The van der Waals surface area contributed by atoms with Crippen LogP contribution >= 0.6 is 0 Å². The number of ether oxygens (including phenoxy) is 2. The first-order valence-corrected chi connectivity index (χ1v) is 8.92. The molecule has 0 aromatic heterocycles. The fourth-order valence-corrected chi connectivity index (χ4v) is 3.28. The van der Waals surface area contributed by atoms with Crippen LogP contribution in [0.2, 0.25) is 0 Å². The lowest BCUT2D eigenvalue weighted by Gasteiger charge is -2.28. The highest BCUT2D eigenvalue weighted by Gasteiger charge is 2.27. The average Bonchev–Trinajstić information content (AvgIpc) is 3.33. The lowest BCUT2D eigenvalue weighted by molar-refractivity contribution is -0.127. The van der Waals surface area contributed by atoms with E-state index >= 15 is 0 Å². The molecular weight excluding hydrogens is 362 g/mol. The summed E-state index contributed by atoms with van der Waals surface area (Å²) in [5.74, 6) is 0.271. The Labute approximate surface area is 161 Å². The third-order valence-corrected chi connectivity index (χ3v) is 4.81. The molecule has 0 saturated carbocycles. The summed E-state index contributed by atoms with van der Waals surface area (Å²) in [6.07, 6.45) is 1.25. The third-order valence-electron chi connectivity index (χ3n) is 4.81. The van der Waals surface area contributed by atoms with E-state index in [-0.39, 0.29) is 25.3 Å². The maximum Gasteiger partial charge on any atom is 0.259 e. The van der Waals surface area contributed by atoms with Gasteiger partial charge in [0.05, 0.1) is 0 Å². The minimum atomic E-state index is -0.546. The second kappa shape index (κ2) is 7.22. The highest BCUT2D eigenvalue weighted by Crippen LogP contribution is 2.33. The Hall–Kier alpha value is -3.55. The normalized spacial score (nSPS) is 15.0. The molecule has 0 aliphatic carbocycles. The van der Waals surface area contributed by atoms with Gasteiger partial charge in [-0.15, -0.1) is 0 Å². The number of carbonyl (C=O) groups excluding carboxylic acids is 3. The summed E-state index contributed by atoms with van der Waals surface area (Å²) in [5, 5.41) is 0. The Kier molecular flexibility index (Phi) is 4.60. The molecule has 2 aliphatic rings. The van der Waals surface area contributed by atoms with Crippen LogP contribution in [-0.2, 0) is 4.79 Å². The molecule has 144 valence electrons. The van der Waals surface area contributed by atoms with E-state index in [0.29, 0.717) is 41.3 Å². The van der Waals surface area contributed by atoms with Crippen molar-refractivity contribution in [2.75, 3.05) is 24.9 Å². The largest absolute Gasteiger partial charge is 0.454 e. The van der Waals surface area contributed by atoms with Crippen molar-refractivity contribution in [3.8, 4) is 11.5 Å². The highest BCUT2D eigenvalue weighted by atomic mass is 16.7. The van der Waals surface area contributed by atoms with Gasteiger partial charge < -0.3 is 20.1 Å². The number of likely N-dealkylation sites (tertiary alicyclic amines) is 1. The number of fused-ring (bicyclic) bond motifs is 1. The van der Waals surface area contributed by atoms with E-state index in [2.05, 4.69) is 0 Å². The Morgan fingerprint density at radius 2 is 1.75 bits per heavy atom. The van der Waals surface area contributed by atoms with Crippen LogP contribution in [0.1, 0.15) is 33.6 Å². The molecule has 2 heterocycles. The Bertz CT molecular complexity index is 941. The molecule has 0 atom stereocenters. The van der Waals surface area contributed by atoms with E-state index in [1.165, 1.54) is 4.90 Å². The van der Waals surface area contributed by atoms with Crippen molar-refractivity contribution in [2.24, 2.45) is 5.73 Å². The molecule has 0 unspecified atom stereocenters. The Morgan fingerprint density at radius 3 is 2.43 bits per heavy atom. The van der Waals surface area contributed by atoms with Gasteiger partial charge in [-0.2, -0.15) is 0 Å². The standard InChI is InChI=1S/C20H19N3O5/c21-19(25)13-3-6-15(7-4-13)23(11-22-9-1-2-18(22)24)20(26)14-5-8-16-17(10-14)28-12-27-16/h3-8,10H,1-2,9,11-12H2,(H2,21,25). The zero-order valence-electron chi connectivity index (χ0n) is 15.1. The molecule has 0 spiro atoms. The van der Waals surface area contributed by atoms with Crippen molar-refractivity contribution in [3.63, 3.8) is 0 Å². The monoisotopic (exact) mass is 381 g/mol. The minimum Gasteiger partial charge on any atom is -0.454 e. The molecule has 28 heavy (non-hydrogen) atoms. The van der Waals surface area contributed by atoms with Gasteiger partial charge in [0, 0.05) is 29.8 Å². The van der Waals surface area contributed by atoms with Crippen LogP contribution in [-0.4, -0.2) is 42.6 Å². The molecule has 8 heteroatoms. The summed E-state index contributed by atoms with van der Waals surface area (Å²) in [7, 11) is 0. The smallest absolute Gasteiger partial charge is 0.259 e. The summed E-state index contributed by atoms with van der Waals surface area (Å²) in [4.78, 5) is 39.8. The summed E-state index contributed by atoms with van der Waals surface area (Å²) in [5.41, 5.74) is 6.61. The summed E-state index contributed by atoms with van der Waals surface area (Å²) in [6, 6.07) is 11.4. The lowest BCUT2D eigenvalue weighted by Crippen LogP contribution is -2.42. The molecule has 2 aromatic carbocycles. The Balaban J connectivity index is 1.66. The van der Waals surface area contributed by atoms with E-state index < -0.39 is 5.91 Å². The fourth-order valence-electron chi connectivity index (χ4n) is 3.28. The topological polar surface area (TPSA) is 102 Å². The van der Waals surface area contributed by atoms with Gasteiger partial charge in [-0.1, -0.05) is 0 Å². The van der Waals surface area contributed by atoms with Crippen LogP contribution in [0.4, 0.5) is 5.69 Å². The summed E-state index contributed by atoms with van der Waals surface area (Å²) >= 11 is 0. The van der Waals surface area contributed by atoms with Gasteiger partial charge in [-0.05, 0) is 48.9 Å². The number of primary amides is 1. The van der Waals surface area contributed by atoms with E-state index in [9.17, 15) is 14.4 Å². The molecular formula is C20H19N3O5. The van der Waals surface area contributed by atoms with Crippen LogP contribution in [0.25, 0.3) is 0 Å². The molecule has 2 aliphatic heterocycles. The van der Waals surface area contributed by atoms with E-state index in [1.54, 1.807) is 47.4 Å². The van der Waals surface area contributed by atoms with Crippen LogP contribution in [0, 0.1) is 0 Å². The van der Waals surface area contributed by atoms with Crippen LogP contribution in [0.15, 0.2) is 42.5 Å². The maximum absolute atomic E-state index is 13.3. The van der Waals surface area contributed by atoms with Gasteiger partial charge in [0.25, 0.3) is 5.91 Å². The van der Waals surface area contributed by atoms with Gasteiger partial charge >= 0.3 is 0 Å². The van der Waals surface area contributed by atoms with E-state index in [1.807, 2.05) is 0 Å². The number of nitrogens with zero attached hydrogens (tertiary/aromatic N) is 2. The van der Waals surface area contributed by atoms with Gasteiger partial charge in [0.2, 0.25) is 18.6 Å². The van der Waals surface area contributed by atoms with Crippen molar-refractivity contribution in [2.45, 2.75) is 12.8 Å². The Morgan fingerprint density at radius 1 is 1.04 bits per heavy atom. The van der Waals surface area contributed by atoms with Crippen molar-refractivity contribution >= 4 is 23.4 Å². The van der Waals surface area contributed by atoms with Crippen molar-refractivity contribution in [1.29, 1.82) is 0 Å². The fraction of sp³-hybridized carbons (Fsp3) is 0.250. The van der Waals surface area contributed by atoms with E-state index in [0.717, 1.165) is 6.42 Å². The number of carbonyl (C=O) groups is 3. The molecule has 4 rings (SSSR count). The summed E-state index contributed by atoms with van der Waals surface area (Å²) in [6.45, 7) is 0.846. The first-order chi connectivity index (χ1) is 13.5. The number of rotatable bonds is 5. The number of nitrogens with two attached hydrogens (primary N) is 1. The minimum absolute atomic E-state index is 0.0113. The van der Waals surface area contributed by atoms with Gasteiger partial charge in [0.15, 0.2) is 11.5 Å². The second-order valence-corrected chi connectivity index (χ2v) is 6.61. The SMILES string of the molecule is NC(=O)c1ccc(N(CN2CCCC2=O)C(=O)c2ccc3c(c2)OCO3)cc1. The first kappa shape index (κ1) is 17.8. The number of hydrogen-bond donors (Lipinski definition) is 1. The maximum atomic E-state index is 13.3. The van der Waals surface area contributed by atoms with E-state index in [4.69, 9.17) is 15.2 Å². The molecule has 3 amide bonds. The lowest BCUT2D eigenvalue weighted by atomic mass is 10.1. The molecule has 8 nitrogen and oxygen atoms in total. The zero-order valence-corrected chi connectivity index (χ0v) is 15.1. The average molecular weight is 381 g/mol. The molecule has 1 saturated heterocycles. The van der Waals surface area contributed by atoms with Gasteiger partial charge in [0.1, 0.15) is 6.67 Å². The van der Waals surface area contributed by atoms with Crippen LogP contribution < -0.4 is 20.1 Å².